The number of carboxylic acid groups (broad SMARTS) is 1. The molecule has 0 radical (unpaired) electrons. The summed E-state index contributed by atoms with van der Waals surface area (Å²) in [6, 6.07) is 5.27. The van der Waals surface area contributed by atoms with Crippen LogP contribution in [0.5, 0.6) is 0 Å². The van der Waals surface area contributed by atoms with Crippen molar-refractivity contribution in [2.75, 3.05) is 13.2 Å². The fourth-order valence-electron chi connectivity index (χ4n) is 2.56. The van der Waals surface area contributed by atoms with Crippen LogP contribution in [0.1, 0.15) is 41.9 Å². The number of carboxylic acids is 1. The fourth-order valence-corrected chi connectivity index (χ4v) is 2.56. The van der Waals surface area contributed by atoms with E-state index in [1.807, 2.05) is 17.6 Å². The van der Waals surface area contributed by atoms with Crippen LogP contribution in [0, 0.1) is 0 Å². The van der Waals surface area contributed by atoms with Crippen molar-refractivity contribution in [1.82, 2.24) is 9.55 Å². The van der Waals surface area contributed by atoms with Gasteiger partial charge in [-0.3, -0.25) is 0 Å². The molecule has 5 heteroatoms. The lowest BCUT2D eigenvalue weighted by molar-refractivity contribution is 0.0698. The summed E-state index contributed by atoms with van der Waals surface area (Å²) in [4.78, 5) is 16.1. The number of ether oxygens (including phenoxy) is 1. The van der Waals surface area contributed by atoms with Crippen molar-refractivity contribution in [3.8, 4) is 0 Å². The molecule has 1 aliphatic rings. The Balaban J connectivity index is 2.10. The van der Waals surface area contributed by atoms with Gasteiger partial charge < -0.3 is 14.4 Å². The van der Waals surface area contributed by atoms with E-state index in [9.17, 15) is 9.90 Å². The Hall–Kier alpha value is -1.88. The summed E-state index contributed by atoms with van der Waals surface area (Å²) >= 11 is 0. The molecule has 3 rings (SSSR count). The Kier molecular flexibility index (Phi) is 3.44. The van der Waals surface area contributed by atoms with Gasteiger partial charge in [-0.1, -0.05) is 6.07 Å². The molecule has 20 heavy (non-hydrogen) atoms. The second-order valence-corrected chi connectivity index (χ2v) is 5.07. The van der Waals surface area contributed by atoms with Gasteiger partial charge in [-0.05, 0) is 31.9 Å². The number of hydrogen-bond acceptors (Lipinski definition) is 3. The molecule has 0 aliphatic heterocycles. The van der Waals surface area contributed by atoms with Gasteiger partial charge in [-0.2, -0.15) is 0 Å². The first-order valence-corrected chi connectivity index (χ1v) is 7.02. The van der Waals surface area contributed by atoms with Gasteiger partial charge in [0.25, 0.3) is 0 Å². The van der Waals surface area contributed by atoms with Crippen LogP contribution in [0.25, 0.3) is 11.0 Å². The van der Waals surface area contributed by atoms with Gasteiger partial charge in [0.1, 0.15) is 5.82 Å². The maximum Gasteiger partial charge on any atom is 0.337 e. The third kappa shape index (κ3) is 2.29. The highest BCUT2D eigenvalue weighted by molar-refractivity contribution is 6.01. The van der Waals surface area contributed by atoms with E-state index in [1.165, 1.54) is 0 Å². The standard InChI is InChI=1S/C15H18N2O3/c1-2-20-9-8-17-13-11(15(18)19)4-3-5-12(13)16-14(17)10-6-7-10/h3-5,10H,2,6-9H2,1H3,(H,18,19). The lowest BCUT2D eigenvalue weighted by Gasteiger charge is -2.10. The zero-order chi connectivity index (χ0) is 14.1. The average Bonchev–Trinajstić information content (AvgIpc) is 3.21. The predicted molar refractivity (Wildman–Crippen MR) is 75.2 cm³/mol. The summed E-state index contributed by atoms with van der Waals surface area (Å²) in [5, 5.41) is 9.37. The normalized spacial score (nSPS) is 14.8. The fraction of sp³-hybridized carbons (Fsp3) is 0.467. The lowest BCUT2D eigenvalue weighted by atomic mass is 10.2. The minimum atomic E-state index is -0.907. The van der Waals surface area contributed by atoms with E-state index < -0.39 is 5.97 Å². The van der Waals surface area contributed by atoms with Gasteiger partial charge in [0.15, 0.2) is 0 Å². The number of imidazole rings is 1. The summed E-state index contributed by atoms with van der Waals surface area (Å²) in [7, 11) is 0. The third-order valence-electron chi connectivity index (χ3n) is 3.63. The smallest absolute Gasteiger partial charge is 0.337 e. The molecule has 0 spiro atoms. The largest absolute Gasteiger partial charge is 0.478 e. The van der Waals surface area contributed by atoms with Crippen molar-refractivity contribution in [1.29, 1.82) is 0 Å². The highest BCUT2D eigenvalue weighted by Crippen LogP contribution is 2.41. The molecule has 0 saturated heterocycles. The quantitative estimate of drug-likeness (QED) is 0.822. The lowest BCUT2D eigenvalue weighted by Crippen LogP contribution is -2.11. The molecular formula is C15H18N2O3. The second kappa shape index (κ2) is 5.25. The summed E-state index contributed by atoms with van der Waals surface area (Å²) in [5.74, 6) is 0.578. The number of nitrogens with zero attached hydrogens (tertiary/aromatic N) is 2. The van der Waals surface area contributed by atoms with E-state index in [2.05, 4.69) is 4.98 Å². The molecule has 1 aromatic carbocycles. The van der Waals surface area contributed by atoms with Crippen LogP contribution in [0.3, 0.4) is 0 Å². The molecule has 5 nitrogen and oxygen atoms in total. The molecule has 2 aromatic rings. The van der Waals surface area contributed by atoms with E-state index in [0.717, 1.165) is 29.7 Å². The number of fused-ring (bicyclic) bond motifs is 1. The molecule has 1 heterocycles. The molecule has 1 saturated carbocycles. The first kappa shape index (κ1) is 13.1. The molecule has 0 atom stereocenters. The third-order valence-corrected chi connectivity index (χ3v) is 3.63. The Morgan fingerprint density at radius 3 is 2.95 bits per heavy atom. The van der Waals surface area contributed by atoms with Gasteiger partial charge >= 0.3 is 5.97 Å². The SMILES string of the molecule is CCOCCn1c(C2CC2)nc2cccc(C(=O)O)c21. The van der Waals surface area contributed by atoms with Crippen molar-refractivity contribution < 1.29 is 14.6 Å². The van der Waals surface area contributed by atoms with Crippen molar-refractivity contribution in [2.24, 2.45) is 0 Å². The van der Waals surface area contributed by atoms with Crippen LogP contribution in [0.4, 0.5) is 0 Å². The molecule has 1 fully saturated rings. The molecule has 1 N–H and O–H groups in total. The minimum absolute atomic E-state index is 0.318. The number of rotatable bonds is 6. The number of carbonyl (C=O) groups is 1. The van der Waals surface area contributed by atoms with Crippen LogP contribution in [-0.4, -0.2) is 33.8 Å². The van der Waals surface area contributed by atoms with Crippen molar-refractivity contribution >= 4 is 17.0 Å². The molecule has 106 valence electrons. The molecular weight excluding hydrogens is 256 g/mol. The summed E-state index contributed by atoms with van der Waals surface area (Å²) in [5.41, 5.74) is 1.81. The van der Waals surface area contributed by atoms with Crippen molar-refractivity contribution in [3.63, 3.8) is 0 Å². The van der Waals surface area contributed by atoms with Gasteiger partial charge in [-0.15, -0.1) is 0 Å². The van der Waals surface area contributed by atoms with E-state index in [1.54, 1.807) is 12.1 Å². The van der Waals surface area contributed by atoms with E-state index >= 15 is 0 Å². The maximum absolute atomic E-state index is 11.4. The molecule has 1 aliphatic carbocycles. The summed E-state index contributed by atoms with van der Waals surface area (Å²) in [6.45, 7) is 3.85. The minimum Gasteiger partial charge on any atom is -0.478 e. The van der Waals surface area contributed by atoms with Crippen LogP contribution in [-0.2, 0) is 11.3 Å². The van der Waals surface area contributed by atoms with E-state index in [-0.39, 0.29) is 0 Å². The molecule has 1 aromatic heterocycles. The van der Waals surface area contributed by atoms with Crippen LogP contribution in [0.15, 0.2) is 18.2 Å². The second-order valence-electron chi connectivity index (χ2n) is 5.07. The predicted octanol–water partition coefficient (Wildman–Crippen LogP) is 2.65. The number of para-hydroxylation sites is 1. The first-order chi connectivity index (χ1) is 9.72. The molecule has 0 unspecified atom stereocenters. The van der Waals surface area contributed by atoms with Gasteiger partial charge in [-0.25, -0.2) is 9.78 Å². The number of aromatic nitrogens is 2. The maximum atomic E-state index is 11.4. The topological polar surface area (TPSA) is 64.4 Å². The van der Waals surface area contributed by atoms with E-state index in [4.69, 9.17) is 4.74 Å². The average molecular weight is 274 g/mol. The highest BCUT2D eigenvalue weighted by atomic mass is 16.5. The number of hydrogen-bond donors (Lipinski definition) is 1. The molecule has 0 bridgehead atoms. The zero-order valence-electron chi connectivity index (χ0n) is 11.5. The zero-order valence-corrected chi connectivity index (χ0v) is 11.5. The monoisotopic (exact) mass is 274 g/mol. The van der Waals surface area contributed by atoms with Crippen LogP contribution < -0.4 is 0 Å². The Morgan fingerprint density at radius 1 is 1.50 bits per heavy atom. The van der Waals surface area contributed by atoms with Crippen molar-refractivity contribution in [2.45, 2.75) is 32.2 Å². The van der Waals surface area contributed by atoms with Gasteiger partial charge in [0, 0.05) is 19.1 Å². The molecule has 0 amide bonds. The van der Waals surface area contributed by atoms with Crippen molar-refractivity contribution in [3.05, 3.63) is 29.6 Å². The summed E-state index contributed by atoms with van der Waals surface area (Å²) in [6.07, 6.45) is 2.28. The van der Waals surface area contributed by atoms with Gasteiger partial charge in [0.2, 0.25) is 0 Å². The number of aromatic carboxylic acids is 1. The van der Waals surface area contributed by atoms with E-state index in [0.29, 0.717) is 31.2 Å². The first-order valence-electron chi connectivity index (χ1n) is 7.02. The Morgan fingerprint density at radius 2 is 2.30 bits per heavy atom. The van der Waals surface area contributed by atoms with Gasteiger partial charge in [0.05, 0.1) is 23.2 Å². The number of benzene rings is 1. The van der Waals surface area contributed by atoms with Crippen LogP contribution in [0.2, 0.25) is 0 Å². The van der Waals surface area contributed by atoms with Crippen LogP contribution >= 0.6 is 0 Å². The summed E-state index contributed by atoms with van der Waals surface area (Å²) < 4.78 is 7.45. The highest BCUT2D eigenvalue weighted by Gasteiger charge is 2.30. The Bertz CT molecular complexity index is 644. The Labute approximate surface area is 117 Å².